The zero-order chi connectivity index (χ0) is 33.0. The summed E-state index contributed by atoms with van der Waals surface area (Å²) in [4.78, 5) is 15.5. The number of hydrogen-bond acceptors (Lipinski definition) is 4. The first kappa shape index (κ1) is 33.2. The molecule has 2 fully saturated rings. The molecule has 47 heavy (non-hydrogen) atoms. The van der Waals surface area contributed by atoms with Crippen molar-refractivity contribution in [2.75, 3.05) is 13.1 Å². The van der Waals surface area contributed by atoms with E-state index in [-0.39, 0.29) is 28.9 Å². The number of aliphatic hydroxyl groups is 1. The number of aliphatic hydroxyl groups excluding tert-OH is 1. The summed E-state index contributed by atoms with van der Waals surface area (Å²) < 4.78 is 16.1. The molecule has 0 aliphatic heterocycles. The molecule has 3 aromatic rings. The molecule has 6 heteroatoms. The number of carbonyl (C=O) groups is 1. The summed E-state index contributed by atoms with van der Waals surface area (Å²) in [6.07, 6.45) is 8.41. The highest BCUT2D eigenvalue weighted by Gasteiger charge is 2.59. The van der Waals surface area contributed by atoms with E-state index in [1.54, 1.807) is 30.3 Å². The van der Waals surface area contributed by atoms with E-state index in [0.717, 1.165) is 75.3 Å². The van der Waals surface area contributed by atoms with Crippen LogP contribution in [0.4, 0.5) is 4.39 Å². The largest absolute Gasteiger partial charge is 0.508 e. The van der Waals surface area contributed by atoms with Gasteiger partial charge in [0.15, 0.2) is 0 Å². The maximum Gasteiger partial charge on any atom is 0.253 e. The highest BCUT2D eigenvalue weighted by Crippen LogP contribution is 2.63. The maximum atomic E-state index is 16.1. The van der Waals surface area contributed by atoms with Crippen molar-refractivity contribution in [2.24, 2.45) is 23.2 Å². The summed E-state index contributed by atoms with van der Waals surface area (Å²) in [7, 11) is 0. The average molecular weight is 637 g/mol. The van der Waals surface area contributed by atoms with Crippen molar-refractivity contribution in [2.45, 2.75) is 95.7 Å². The molecule has 1 amide bonds. The Morgan fingerprint density at radius 1 is 0.979 bits per heavy atom. The number of halogens is 1. The standard InChI is InChI=1S/C41H49FN2O3/c1-41-26-36(42)39-34-19-18-33(45)25-32(34)24-31(38(39)35(41)20-21-37(41)46)13-7-2-3-8-22-44(23-9-12-28-10-5-4-6-11-28)40(47)30-16-14-29(27-43)15-17-30/h4-6,10-11,14-19,25,31,35-39,45-46H,2-3,7-9,12-13,20-24,26H2,1H3/t31-,35+,36+,37+,38+,39+,41+/m1/s1. The second kappa shape index (κ2) is 14.6. The van der Waals surface area contributed by atoms with Crippen LogP contribution in [0.5, 0.6) is 5.75 Å². The minimum absolute atomic E-state index is 0.0117. The van der Waals surface area contributed by atoms with Gasteiger partial charge in [0.25, 0.3) is 5.91 Å². The topological polar surface area (TPSA) is 84.6 Å². The number of aromatic hydroxyl groups is 1. The van der Waals surface area contributed by atoms with E-state index in [2.05, 4.69) is 25.1 Å². The number of benzene rings is 3. The number of amides is 1. The molecule has 2 N–H and O–H groups in total. The summed E-state index contributed by atoms with van der Waals surface area (Å²) in [5.41, 5.74) is 4.23. The van der Waals surface area contributed by atoms with E-state index in [1.807, 2.05) is 35.2 Å². The van der Waals surface area contributed by atoms with Gasteiger partial charge in [-0.05, 0) is 128 Å². The van der Waals surface area contributed by atoms with Crippen molar-refractivity contribution in [1.82, 2.24) is 4.90 Å². The molecule has 7 atom stereocenters. The summed E-state index contributed by atoms with van der Waals surface area (Å²) in [5.74, 6) is 0.956. The van der Waals surface area contributed by atoms with E-state index < -0.39 is 12.3 Å². The first-order valence-electron chi connectivity index (χ1n) is 17.8. The Morgan fingerprint density at radius 2 is 1.72 bits per heavy atom. The molecular weight excluding hydrogens is 587 g/mol. The molecule has 3 aliphatic carbocycles. The van der Waals surface area contributed by atoms with Crippen LogP contribution in [0.3, 0.4) is 0 Å². The zero-order valence-corrected chi connectivity index (χ0v) is 27.7. The lowest BCUT2D eigenvalue weighted by atomic mass is 9.51. The zero-order valence-electron chi connectivity index (χ0n) is 27.7. The number of nitrogens with zero attached hydrogens (tertiary/aromatic N) is 2. The summed E-state index contributed by atoms with van der Waals surface area (Å²) in [5, 5.41) is 30.4. The number of aryl methyl sites for hydroxylation is 1. The first-order valence-corrected chi connectivity index (χ1v) is 17.8. The monoisotopic (exact) mass is 636 g/mol. The van der Waals surface area contributed by atoms with Crippen molar-refractivity contribution in [3.63, 3.8) is 0 Å². The van der Waals surface area contributed by atoms with Crippen LogP contribution in [0.25, 0.3) is 0 Å². The number of hydrogen-bond donors (Lipinski definition) is 2. The first-order chi connectivity index (χ1) is 22.8. The second-order valence-corrected chi connectivity index (χ2v) is 14.6. The molecule has 3 aromatic carbocycles. The van der Waals surface area contributed by atoms with Gasteiger partial charge in [0.05, 0.1) is 17.7 Å². The van der Waals surface area contributed by atoms with Crippen molar-refractivity contribution < 1.29 is 19.4 Å². The van der Waals surface area contributed by atoms with Gasteiger partial charge in [0, 0.05) is 24.6 Å². The Kier molecular flexibility index (Phi) is 10.3. The van der Waals surface area contributed by atoms with Gasteiger partial charge in [-0.2, -0.15) is 5.26 Å². The smallest absolute Gasteiger partial charge is 0.253 e. The number of phenolic OH excluding ortho intramolecular Hbond substituents is 1. The molecular formula is C41H49FN2O3. The van der Waals surface area contributed by atoms with E-state index in [0.29, 0.717) is 42.5 Å². The van der Waals surface area contributed by atoms with Crippen LogP contribution in [0.15, 0.2) is 72.8 Å². The quantitative estimate of drug-likeness (QED) is 0.196. The van der Waals surface area contributed by atoms with Crippen LogP contribution in [0.2, 0.25) is 0 Å². The summed E-state index contributed by atoms with van der Waals surface area (Å²) in [6, 6.07) is 24.9. The number of nitriles is 1. The van der Waals surface area contributed by atoms with Gasteiger partial charge in [-0.25, -0.2) is 4.39 Å². The van der Waals surface area contributed by atoms with Gasteiger partial charge in [-0.1, -0.05) is 62.6 Å². The average Bonchev–Trinajstić information content (AvgIpc) is 3.38. The molecule has 0 radical (unpaired) electrons. The third kappa shape index (κ3) is 7.11. The van der Waals surface area contributed by atoms with E-state index in [1.165, 1.54) is 5.56 Å². The van der Waals surface area contributed by atoms with Crippen molar-refractivity contribution in [3.05, 3.63) is 101 Å². The molecule has 248 valence electrons. The minimum Gasteiger partial charge on any atom is -0.508 e. The van der Waals surface area contributed by atoms with E-state index >= 15 is 4.39 Å². The Labute approximate surface area is 279 Å². The number of carbonyl (C=O) groups excluding carboxylic acids is 1. The lowest BCUT2D eigenvalue weighted by Crippen LogP contribution is -2.51. The molecule has 5 nitrogen and oxygen atoms in total. The lowest BCUT2D eigenvalue weighted by molar-refractivity contribution is -0.0722. The maximum absolute atomic E-state index is 16.1. The van der Waals surface area contributed by atoms with Crippen LogP contribution in [0.1, 0.15) is 103 Å². The highest BCUT2D eigenvalue weighted by atomic mass is 19.1. The summed E-state index contributed by atoms with van der Waals surface area (Å²) >= 11 is 0. The molecule has 0 saturated heterocycles. The molecule has 2 saturated carbocycles. The van der Waals surface area contributed by atoms with Gasteiger partial charge in [0.2, 0.25) is 0 Å². The Morgan fingerprint density at radius 3 is 2.49 bits per heavy atom. The Balaban J connectivity index is 1.07. The Hall–Kier alpha value is -3.69. The lowest BCUT2D eigenvalue weighted by Gasteiger charge is -2.54. The second-order valence-electron chi connectivity index (χ2n) is 14.6. The predicted octanol–water partition coefficient (Wildman–Crippen LogP) is 8.38. The predicted molar refractivity (Wildman–Crippen MR) is 183 cm³/mol. The molecule has 6 rings (SSSR count). The van der Waals surface area contributed by atoms with Crippen LogP contribution in [-0.4, -0.2) is 46.4 Å². The normalized spacial score (nSPS) is 27.7. The van der Waals surface area contributed by atoms with Gasteiger partial charge in [0.1, 0.15) is 11.9 Å². The number of phenols is 1. The van der Waals surface area contributed by atoms with Gasteiger partial charge in [-0.3, -0.25) is 4.79 Å². The van der Waals surface area contributed by atoms with Crippen LogP contribution in [-0.2, 0) is 12.8 Å². The highest BCUT2D eigenvalue weighted by molar-refractivity contribution is 5.94. The van der Waals surface area contributed by atoms with Crippen LogP contribution < -0.4 is 0 Å². The van der Waals surface area contributed by atoms with Crippen molar-refractivity contribution in [3.8, 4) is 11.8 Å². The molecule has 0 heterocycles. The number of rotatable bonds is 12. The fraction of sp³-hybridized carbons (Fsp3) is 0.512. The van der Waals surface area contributed by atoms with Gasteiger partial charge in [-0.15, -0.1) is 0 Å². The number of fused-ring (bicyclic) bond motifs is 5. The molecule has 3 aliphatic rings. The fourth-order valence-electron chi connectivity index (χ4n) is 9.40. The van der Waals surface area contributed by atoms with E-state index in [4.69, 9.17) is 0 Å². The van der Waals surface area contributed by atoms with Crippen molar-refractivity contribution in [1.29, 1.82) is 5.26 Å². The third-order valence-corrected chi connectivity index (χ3v) is 11.8. The molecule has 0 unspecified atom stereocenters. The van der Waals surface area contributed by atoms with Crippen LogP contribution >= 0.6 is 0 Å². The van der Waals surface area contributed by atoms with Gasteiger partial charge >= 0.3 is 0 Å². The minimum atomic E-state index is -0.985. The van der Waals surface area contributed by atoms with Crippen LogP contribution in [0, 0.1) is 34.5 Å². The number of unbranched alkanes of at least 4 members (excludes halogenated alkanes) is 3. The molecule has 0 aromatic heterocycles. The third-order valence-electron chi connectivity index (χ3n) is 11.8. The molecule has 0 spiro atoms. The Bertz CT molecular complexity index is 1550. The van der Waals surface area contributed by atoms with Gasteiger partial charge < -0.3 is 15.1 Å². The van der Waals surface area contributed by atoms with E-state index in [9.17, 15) is 20.3 Å². The van der Waals surface area contributed by atoms with Crippen molar-refractivity contribution >= 4 is 5.91 Å². The fourth-order valence-corrected chi connectivity index (χ4v) is 9.40. The number of alkyl halides is 1. The molecule has 0 bridgehead atoms. The summed E-state index contributed by atoms with van der Waals surface area (Å²) in [6.45, 7) is 3.49. The SMILES string of the molecule is C[C@]12C[C@H](F)[C@@H]3c4ccc(O)cc4C[C@@H](CCCCCCN(CCCc4ccccc4)C(=O)c4ccc(C#N)cc4)[C@H]3[C@@H]1CC[C@@H]2O.